The molecule has 2 rings (SSSR count). The third kappa shape index (κ3) is 4.96. The van der Waals surface area contributed by atoms with Gasteiger partial charge in [0, 0.05) is 19.4 Å². The third-order valence-electron chi connectivity index (χ3n) is 3.28. The molecule has 1 aliphatic heterocycles. The average Bonchev–Trinajstić information content (AvgIpc) is 2.80. The van der Waals surface area contributed by atoms with Gasteiger partial charge in [-0.05, 0) is 0 Å². The standard InChI is InChI=1S/C10H16N2O12P2/c1-21-25(17,18)24-26(19,20)22-4-5-7(14)8(15)9(23-5)12-3-2-6(13)11-10(12)16/h2-3,5,7-9,14-15H,4H2,1H3,(H,17,18)(H,19,20)(H,11,13,16)/p-2/t5-,7-,8-,9-/m1/s1. The highest BCUT2D eigenvalue weighted by Gasteiger charge is 2.44. The Kier molecular flexibility index (Phi) is 6.36. The Balaban J connectivity index is 2.08. The number of aromatic nitrogens is 2. The smallest absolute Gasteiger partial charge is 0.330 e. The molecule has 26 heavy (non-hydrogen) atoms. The van der Waals surface area contributed by atoms with Crippen molar-refractivity contribution < 1.29 is 47.2 Å². The molecule has 0 radical (unpaired) electrons. The molecule has 148 valence electrons. The van der Waals surface area contributed by atoms with Crippen LogP contribution in [0.25, 0.3) is 0 Å². The minimum Gasteiger partial charge on any atom is -0.756 e. The number of phosphoric ester groups is 2. The van der Waals surface area contributed by atoms with Crippen LogP contribution in [0.5, 0.6) is 0 Å². The molecule has 2 unspecified atom stereocenters. The molecule has 0 aromatic carbocycles. The van der Waals surface area contributed by atoms with Crippen LogP contribution in [0.15, 0.2) is 21.9 Å². The zero-order chi connectivity index (χ0) is 19.7. The van der Waals surface area contributed by atoms with E-state index in [9.17, 15) is 38.7 Å². The van der Waals surface area contributed by atoms with Gasteiger partial charge < -0.3 is 33.8 Å². The van der Waals surface area contributed by atoms with E-state index in [0.29, 0.717) is 7.11 Å². The van der Waals surface area contributed by atoms with Crippen molar-refractivity contribution in [2.24, 2.45) is 0 Å². The monoisotopic (exact) mass is 416 g/mol. The molecule has 1 aromatic heterocycles. The van der Waals surface area contributed by atoms with Crippen LogP contribution in [0.2, 0.25) is 0 Å². The minimum absolute atomic E-state index is 0.667. The van der Waals surface area contributed by atoms with Gasteiger partial charge >= 0.3 is 5.69 Å². The Hall–Kier alpha value is -1.18. The van der Waals surface area contributed by atoms with Crippen molar-refractivity contribution in [3.05, 3.63) is 33.1 Å². The number of rotatable bonds is 7. The highest BCUT2D eigenvalue weighted by molar-refractivity contribution is 7.59. The van der Waals surface area contributed by atoms with Crippen LogP contribution in [0.1, 0.15) is 6.23 Å². The second-order valence-electron chi connectivity index (χ2n) is 5.02. The van der Waals surface area contributed by atoms with Gasteiger partial charge in [-0.2, -0.15) is 0 Å². The molecule has 2 heterocycles. The zero-order valence-electron chi connectivity index (χ0n) is 13.0. The molecule has 14 nitrogen and oxygen atoms in total. The highest BCUT2D eigenvalue weighted by Crippen LogP contribution is 2.55. The first kappa shape index (κ1) is 21.1. The molecule has 1 aliphatic rings. The topological polar surface area (TPSA) is 212 Å². The zero-order valence-corrected chi connectivity index (χ0v) is 14.8. The molecule has 1 saturated heterocycles. The molecule has 3 N–H and O–H groups in total. The number of nitrogens with one attached hydrogen (secondary N) is 1. The van der Waals surface area contributed by atoms with E-state index in [1.807, 2.05) is 4.98 Å². The van der Waals surface area contributed by atoms with E-state index in [1.54, 1.807) is 0 Å². The fraction of sp³-hybridized carbons (Fsp3) is 0.600. The van der Waals surface area contributed by atoms with E-state index >= 15 is 0 Å². The highest BCUT2D eigenvalue weighted by atomic mass is 31.3. The number of hydrogen-bond acceptors (Lipinski definition) is 12. The first-order valence-corrected chi connectivity index (χ1v) is 9.75. The fourth-order valence-corrected chi connectivity index (χ4v) is 3.83. The van der Waals surface area contributed by atoms with Gasteiger partial charge in [0.05, 0.1) is 6.61 Å². The maximum absolute atomic E-state index is 11.7. The Morgan fingerprint density at radius 3 is 2.50 bits per heavy atom. The lowest BCUT2D eigenvalue weighted by atomic mass is 10.1. The van der Waals surface area contributed by atoms with Gasteiger partial charge in [0.15, 0.2) is 6.23 Å². The van der Waals surface area contributed by atoms with E-state index in [2.05, 4.69) is 13.4 Å². The van der Waals surface area contributed by atoms with Gasteiger partial charge in [-0.3, -0.25) is 23.5 Å². The summed E-state index contributed by atoms with van der Waals surface area (Å²) < 4.78 is 40.1. The summed E-state index contributed by atoms with van der Waals surface area (Å²) in [7, 11) is -9.85. The van der Waals surface area contributed by atoms with Gasteiger partial charge in [-0.25, -0.2) is 9.11 Å². The van der Waals surface area contributed by atoms with E-state index in [4.69, 9.17) is 4.74 Å². The maximum atomic E-state index is 11.7. The van der Waals surface area contributed by atoms with Crippen LogP contribution in [-0.4, -0.2) is 51.8 Å². The van der Waals surface area contributed by atoms with Gasteiger partial charge in [0.25, 0.3) is 21.2 Å². The summed E-state index contributed by atoms with van der Waals surface area (Å²) in [6.45, 7) is -0.933. The number of phosphoric acid groups is 2. The molecule has 16 heteroatoms. The van der Waals surface area contributed by atoms with E-state index in [1.165, 1.54) is 0 Å². The lowest BCUT2D eigenvalue weighted by Gasteiger charge is -2.30. The fourth-order valence-electron chi connectivity index (χ4n) is 2.07. The van der Waals surface area contributed by atoms with Crippen molar-refractivity contribution in [2.45, 2.75) is 24.5 Å². The third-order valence-corrected chi connectivity index (χ3v) is 5.80. The first-order valence-electron chi connectivity index (χ1n) is 6.82. The molecule has 1 aromatic rings. The Morgan fingerprint density at radius 1 is 1.27 bits per heavy atom. The molecule has 0 aliphatic carbocycles. The van der Waals surface area contributed by atoms with Crippen molar-refractivity contribution in [1.82, 2.24) is 9.55 Å². The lowest BCUT2D eigenvalue weighted by Crippen LogP contribution is -2.37. The minimum atomic E-state index is -5.38. The number of aromatic amines is 1. The molecular formula is C10H14N2O12P2-2. The average molecular weight is 416 g/mol. The van der Waals surface area contributed by atoms with Crippen molar-refractivity contribution >= 4 is 15.6 Å². The number of nitrogens with zero attached hydrogens (tertiary/aromatic N) is 1. The molecule has 0 amide bonds. The van der Waals surface area contributed by atoms with E-state index in [0.717, 1.165) is 16.8 Å². The van der Waals surface area contributed by atoms with Crippen molar-refractivity contribution in [1.29, 1.82) is 0 Å². The predicted molar refractivity (Wildman–Crippen MR) is 76.5 cm³/mol. The summed E-state index contributed by atoms with van der Waals surface area (Å²) in [6, 6.07) is 0.962. The number of aliphatic hydroxyl groups excluding tert-OH is 2. The SMILES string of the molecule is COP(=O)([O-])OP(=O)([O-])OC[C@H]1O[C@@H](n2ccc(=O)[nH]c2=O)[C@H](O)[C@@H]1O. The summed E-state index contributed by atoms with van der Waals surface area (Å²) >= 11 is 0. The summed E-state index contributed by atoms with van der Waals surface area (Å²) in [6.07, 6.45) is -5.30. The normalized spacial score (nSPS) is 30.7. The van der Waals surface area contributed by atoms with Crippen LogP contribution < -0.4 is 21.0 Å². The second-order valence-corrected chi connectivity index (χ2v) is 8.08. The van der Waals surface area contributed by atoms with Gasteiger partial charge in [0.1, 0.15) is 18.3 Å². The number of H-pyrrole nitrogens is 1. The first-order chi connectivity index (χ1) is 12.0. The Bertz CT molecular complexity index is 851. The summed E-state index contributed by atoms with van der Waals surface area (Å²) in [4.78, 5) is 47.1. The number of hydrogen-bond donors (Lipinski definition) is 3. The maximum Gasteiger partial charge on any atom is 0.330 e. The van der Waals surface area contributed by atoms with E-state index < -0.39 is 58.0 Å². The van der Waals surface area contributed by atoms with Crippen LogP contribution in [0.4, 0.5) is 0 Å². The van der Waals surface area contributed by atoms with Gasteiger partial charge in [-0.1, -0.05) is 0 Å². The van der Waals surface area contributed by atoms with Crippen LogP contribution in [0.3, 0.4) is 0 Å². The van der Waals surface area contributed by atoms with Crippen LogP contribution >= 0.6 is 15.6 Å². The summed E-state index contributed by atoms with van der Waals surface area (Å²) in [5, 5.41) is 19.8. The van der Waals surface area contributed by atoms with Crippen LogP contribution in [-0.2, 0) is 27.2 Å². The predicted octanol–water partition coefficient (Wildman–Crippen LogP) is -3.23. The van der Waals surface area contributed by atoms with Crippen molar-refractivity contribution in [3.63, 3.8) is 0 Å². The molecule has 0 bridgehead atoms. The summed E-state index contributed by atoms with van der Waals surface area (Å²) in [5.74, 6) is 0. The van der Waals surface area contributed by atoms with Crippen molar-refractivity contribution in [2.75, 3.05) is 13.7 Å². The molecular weight excluding hydrogens is 402 g/mol. The van der Waals surface area contributed by atoms with E-state index in [-0.39, 0.29) is 0 Å². The molecule has 6 atom stereocenters. The molecule has 1 fully saturated rings. The quantitative estimate of drug-likeness (QED) is 0.374. The Morgan fingerprint density at radius 2 is 1.92 bits per heavy atom. The van der Waals surface area contributed by atoms with Gasteiger partial charge in [0.2, 0.25) is 0 Å². The second kappa shape index (κ2) is 7.82. The number of ether oxygens (including phenoxy) is 1. The lowest BCUT2D eigenvalue weighted by molar-refractivity contribution is -0.244. The van der Waals surface area contributed by atoms with Crippen molar-refractivity contribution in [3.8, 4) is 0 Å². The largest absolute Gasteiger partial charge is 0.756 e. The summed E-state index contributed by atoms with van der Waals surface area (Å²) in [5.41, 5.74) is -1.65. The number of aliphatic hydroxyl groups is 2. The molecule has 0 saturated carbocycles. The Labute approximate surface area is 144 Å². The molecule has 0 spiro atoms. The van der Waals surface area contributed by atoms with Gasteiger partial charge in [-0.15, -0.1) is 0 Å². The van der Waals surface area contributed by atoms with Crippen LogP contribution in [0, 0.1) is 0 Å².